The Labute approximate surface area is 192 Å². The fraction of sp³-hybridized carbons (Fsp3) is 1.00. The lowest BCUT2D eigenvalue weighted by Gasteiger charge is -2.56. The Morgan fingerprint density at radius 1 is 1.00 bits per heavy atom. The van der Waals surface area contributed by atoms with E-state index in [0.29, 0.717) is 12.0 Å². The van der Waals surface area contributed by atoms with Gasteiger partial charge in [-0.15, -0.1) is 0 Å². The molecule has 8 nitrogen and oxygen atoms in total. The first kappa shape index (κ1) is 24.8. The van der Waals surface area contributed by atoms with E-state index in [1.807, 2.05) is 4.90 Å². The van der Waals surface area contributed by atoms with Gasteiger partial charge in [0.1, 0.15) is 12.2 Å². The van der Waals surface area contributed by atoms with Crippen LogP contribution in [0.3, 0.4) is 0 Å². The monoisotopic (exact) mass is 475 g/mol. The van der Waals surface area contributed by atoms with Crippen LogP contribution < -0.4 is 0 Å². The molecule has 1 aliphatic heterocycles. The molecule has 4 aliphatic carbocycles. The van der Waals surface area contributed by atoms with Gasteiger partial charge in [-0.05, 0) is 87.5 Å². The summed E-state index contributed by atoms with van der Waals surface area (Å²) in [7, 11) is -3.82. The number of nitrogens with zero attached hydrogens (tertiary/aromatic N) is 1. The molecular formula is C23H41NO7S. The summed E-state index contributed by atoms with van der Waals surface area (Å²) in [4.78, 5) is 1.82. The highest BCUT2D eigenvalue weighted by Crippen LogP contribution is 2.60. The van der Waals surface area contributed by atoms with Crippen molar-refractivity contribution in [2.45, 2.75) is 82.1 Å². The van der Waals surface area contributed by atoms with E-state index >= 15 is 0 Å². The van der Waals surface area contributed by atoms with Gasteiger partial charge in [0.15, 0.2) is 0 Å². The number of piperidine rings is 1. The number of unbranched alkanes of at least 4 members (excludes halogenated alkanes) is 2. The Morgan fingerprint density at radius 2 is 1.62 bits per heavy atom. The van der Waals surface area contributed by atoms with E-state index in [1.165, 1.54) is 38.5 Å². The molecule has 4 saturated carbocycles. The summed E-state index contributed by atoms with van der Waals surface area (Å²) in [6.45, 7) is 2.08. The van der Waals surface area contributed by atoms with E-state index in [0.717, 1.165) is 56.5 Å². The lowest BCUT2D eigenvalue weighted by atomic mass is 9.50. The first-order valence-corrected chi connectivity index (χ1v) is 14.2. The minimum atomic E-state index is -3.82. The van der Waals surface area contributed by atoms with Crippen LogP contribution >= 0.6 is 0 Å². The SMILES string of the molecule is CS(=O)(=O)O[C@H]1[C@H](O)[C@@H](O)CN(CCCCCOCC23CC4CC(CC(C4)C2)C3)[C@@H]1CO. The van der Waals surface area contributed by atoms with Gasteiger partial charge in [0.25, 0.3) is 10.1 Å². The second kappa shape index (κ2) is 10.1. The molecule has 0 unspecified atom stereocenters. The summed E-state index contributed by atoms with van der Waals surface area (Å²) >= 11 is 0. The zero-order chi connectivity index (χ0) is 22.9. The molecule has 5 fully saturated rings. The lowest BCUT2D eigenvalue weighted by molar-refractivity contribution is -0.134. The minimum absolute atomic E-state index is 0.179. The van der Waals surface area contributed by atoms with Crippen LogP contribution in [-0.2, 0) is 19.0 Å². The van der Waals surface area contributed by atoms with Gasteiger partial charge in [0.2, 0.25) is 0 Å². The topological polar surface area (TPSA) is 117 Å². The zero-order valence-electron chi connectivity index (χ0n) is 19.3. The predicted molar refractivity (Wildman–Crippen MR) is 119 cm³/mol. The second-order valence-corrected chi connectivity index (χ2v) is 12.7. The molecular weight excluding hydrogens is 434 g/mol. The van der Waals surface area contributed by atoms with Crippen molar-refractivity contribution in [1.29, 1.82) is 0 Å². The van der Waals surface area contributed by atoms with E-state index in [-0.39, 0.29) is 13.2 Å². The standard InChI is InChI=1S/C23H41NO7S/c1-32(28,29)31-22-19(14-25)24(13-20(26)21(22)27)5-3-2-4-6-30-15-23-10-16-7-17(11-23)9-18(8-16)12-23/h16-22,25-27H,2-15H2,1H3/t16?,17?,18?,19-,20+,21-,22-,23?/m1/s1. The van der Waals surface area contributed by atoms with Crippen molar-refractivity contribution in [2.24, 2.45) is 23.2 Å². The van der Waals surface area contributed by atoms with E-state index in [2.05, 4.69) is 0 Å². The van der Waals surface area contributed by atoms with Crippen LogP contribution in [0.25, 0.3) is 0 Å². The van der Waals surface area contributed by atoms with Crippen LogP contribution in [0.2, 0.25) is 0 Å². The van der Waals surface area contributed by atoms with Crippen molar-refractivity contribution in [2.75, 3.05) is 39.2 Å². The molecule has 3 N–H and O–H groups in total. The van der Waals surface area contributed by atoms with Crippen molar-refractivity contribution >= 4 is 10.1 Å². The average Bonchev–Trinajstić information content (AvgIpc) is 2.69. The quantitative estimate of drug-likeness (QED) is 0.301. The first-order valence-electron chi connectivity index (χ1n) is 12.3. The Balaban J connectivity index is 1.16. The highest BCUT2D eigenvalue weighted by Gasteiger charge is 2.51. The number of aliphatic hydroxyl groups excluding tert-OH is 3. The van der Waals surface area contributed by atoms with Crippen molar-refractivity contribution in [3.63, 3.8) is 0 Å². The van der Waals surface area contributed by atoms with Gasteiger partial charge in [-0.3, -0.25) is 9.08 Å². The molecule has 32 heavy (non-hydrogen) atoms. The number of aliphatic hydroxyl groups is 3. The average molecular weight is 476 g/mol. The molecule has 0 aromatic carbocycles. The first-order chi connectivity index (χ1) is 15.2. The molecule has 1 saturated heterocycles. The summed E-state index contributed by atoms with van der Waals surface area (Å²) in [6, 6.07) is -0.671. The van der Waals surface area contributed by atoms with Crippen molar-refractivity contribution in [3.05, 3.63) is 0 Å². The van der Waals surface area contributed by atoms with Gasteiger partial charge in [-0.1, -0.05) is 0 Å². The highest BCUT2D eigenvalue weighted by atomic mass is 32.2. The van der Waals surface area contributed by atoms with Crippen molar-refractivity contribution in [1.82, 2.24) is 4.90 Å². The third-order valence-corrected chi connectivity index (χ3v) is 8.85. The summed E-state index contributed by atoms with van der Waals surface area (Å²) in [6.07, 6.45) is 8.44. The maximum absolute atomic E-state index is 11.6. The number of hydrogen-bond donors (Lipinski definition) is 3. The van der Waals surface area contributed by atoms with Crippen LogP contribution in [0.1, 0.15) is 57.8 Å². The van der Waals surface area contributed by atoms with Gasteiger partial charge in [0, 0.05) is 13.2 Å². The number of likely N-dealkylation sites (tertiary alicyclic amines) is 1. The fourth-order valence-corrected chi connectivity index (χ4v) is 8.03. The molecule has 5 rings (SSSR count). The Morgan fingerprint density at radius 3 is 2.19 bits per heavy atom. The summed E-state index contributed by atoms with van der Waals surface area (Å²) in [5.74, 6) is 2.83. The van der Waals surface area contributed by atoms with Gasteiger partial charge >= 0.3 is 0 Å². The van der Waals surface area contributed by atoms with Crippen molar-refractivity contribution in [3.8, 4) is 0 Å². The van der Waals surface area contributed by atoms with Gasteiger partial charge < -0.3 is 20.1 Å². The lowest BCUT2D eigenvalue weighted by Crippen LogP contribution is -2.63. The van der Waals surface area contributed by atoms with Gasteiger partial charge in [-0.2, -0.15) is 8.42 Å². The Hall–Kier alpha value is -0.290. The van der Waals surface area contributed by atoms with Crippen molar-refractivity contribution < 1.29 is 32.7 Å². The molecule has 0 spiro atoms. The van der Waals surface area contributed by atoms with Gasteiger partial charge in [0.05, 0.1) is 31.6 Å². The number of β-amino-alcohol motifs (C(OH)–C–C–N with tert-alkyl or cyclic N) is 1. The van der Waals surface area contributed by atoms with E-state index in [4.69, 9.17) is 8.92 Å². The molecule has 0 aromatic heterocycles. The zero-order valence-corrected chi connectivity index (χ0v) is 20.1. The third-order valence-electron chi connectivity index (χ3n) is 8.28. The Kier molecular flexibility index (Phi) is 7.86. The number of hydrogen-bond acceptors (Lipinski definition) is 8. The Bertz CT molecular complexity index is 695. The molecule has 1 heterocycles. The number of ether oxygens (including phenoxy) is 1. The summed E-state index contributed by atoms with van der Waals surface area (Å²) < 4.78 is 34.2. The maximum atomic E-state index is 11.6. The predicted octanol–water partition coefficient (Wildman–Crippen LogP) is 1.13. The molecule has 186 valence electrons. The normalized spacial score (nSPS) is 41.9. The van der Waals surface area contributed by atoms with Crippen LogP contribution in [0, 0.1) is 23.2 Å². The van der Waals surface area contributed by atoms with E-state index in [1.54, 1.807) is 0 Å². The van der Waals surface area contributed by atoms with Crippen LogP contribution in [0.5, 0.6) is 0 Å². The largest absolute Gasteiger partial charge is 0.395 e. The van der Waals surface area contributed by atoms with Crippen LogP contribution in [0.4, 0.5) is 0 Å². The molecule has 4 atom stereocenters. The maximum Gasteiger partial charge on any atom is 0.264 e. The van der Waals surface area contributed by atoms with Crippen LogP contribution in [-0.4, -0.2) is 92.2 Å². The minimum Gasteiger partial charge on any atom is -0.395 e. The number of rotatable bonds is 11. The molecule has 4 bridgehead atoms. The highest BCUT2D eigenvalue weighted by molar-refractivity contribution is 7.86. The summed E-state index contributed by atoms with van der Waals surface area (Å²) in [5.41, 5.74) is 0.447. The molecule has 5 aliphatic rings. The van der Waals surface area contributed by atoms with Crippen LogP contribution in [0.15, 0.2) is 0 Å². The molecule has 9 heteroatoms. The third kappa shape index (κ3) is 5.85. The molecule has 0 amide bonds. The summed E-state index contributed by atoms with van der Waals surface area (Å²) in [5, 5.41) is 30.1. The van der Waals surface area contributed by atoms with E-state index < -0.39 is 34.5 Å². The second-order valence-electron chi connectivity index (χ2n) is 11.1. The van der Waals surface area contributed by atoms with E-state index in [9.17, 15) is 23.7 Å². The van der Waals surface area contributed by atoms with Gasteiger partial charge in [-0.25, -0.2) is 0 Å². The smallest absolute Gasteiger partial charge is 0.264 e. The molecule has 0 radical (unpaired) electrons. The molecule has 0 aromatic rings. The fourth-order valence-electron chi connectivity index (χ4n) is 7.39.